The van der Waals surface area contributed by atoms with E-state index in [1.165, 1.54) is 0 Å². The number of carbonyl (C=O) groups is 1. The number of hydrogen-bond acceptors (Lipinski definition) is 4. The van der Waals surface area contributed by atoms with E-state index in [9.17, 15) is 9.90 Å². The summed E-state index contributed by atoms with van der Waals surface area (Å²) in [6.45, 7) is 6.11. The summed E-state index contributed by atoms with van der Waals surface area (Å²) in [6.07, 6.45) is 0. The molecular formula is C16H17N5O2. The van der Waals surface area contributed by atoms with E-state index < -0.39 is 5.97 Å². The molecule has 0 aliphatic rings. The van der Waals surface area contributed by atoms with Gasteiger partial charge < -0.3 is 5.11 Å². The molecule has 2 aromatic heterocycles. The van der Waals surface area contributed by atoms with Crippen molar-refractivity contribution in [3.05, 3.63) is 58.9 Å². The molecule has 0 aliphatic carbocycles. The maximum Gasteiger partial charge on any atom is 0.337 e. The van der Waals surface area contributed by atoms with E-state index >= 15 is 0 Å². The van der Waals surface area contributed by atoms with Crippen molar-refractivity contribution in [1.29, 1.82) is 0 Å². The van der Waals surface area contributed by atoms with Crippen molar-refractivity contribution in [1.82, 2.24) is 24.5 Å². The van der Waals surface area contributed by atoms with E-state index in [1.54, 1.807) is 35.9 Å². The fourth-order valence-electron chi connectivity index (χ4n) is 2.56. The number of aryl methyl sites for hydroxylation is 3. The molecule has 0 fully saturated rings. The number of para-hydroxylation sites is 1. The van der Waals surface area contributed by atoms with E-state index in [0.717, 1.165) is 11.4 Å². The number of benzene rings is 1. The van der Waals surface area contributed by atoms with Crippen LogP contribution < -0.4 is 0 Å². The van der Waals surface area contributed by atoms with Gasteiger partial charge in [0.25, 0.3) is 0 Å². The molecule has 0 spiro atoms. The van der Waals surface area contributed by atoms with Gasteiger partial charge in [0.1, 0.15) is 12.4 Å². The summed E-state index contributed by atoms with van der Waals surface area (Å²) >= 11 is 0. The van der Waals surface area contributed by atoms with E-state index in [-0.39, 0.29) is 5.56 Å². The Morgan fingerprint density at radius 1 is 1.17 bits per heavy atom. The van der Waals surface area contributed by atoms with Crippen LogP contribution in [0.2, 0.25) is 0 Å². The number of carboxylic acids is 1. The van der Waals surface area contributed by atoms with Crippen LogP contribution in [-0.2, 0) is 6.54 Å². The molecule has 0 radical (unpaired) electrons. The van der Waals surface area contributed by atoms with Gasteiger partial charge in [0.2, 0.25) is 0 Å². The first-order chi connectivity index (χ1) is 11.0. The van der Waals surface area contributed by atoms with Crippen LogP contribution in [0.3, 0.4) is 0 Å². The molecule has 0 unspecified atom stereocenters. The Labute approximate surface area is 133 Å². The molecule has 118 valence electrons. The van der Waals surface area contributed by atoms with E-state index in [0.29, 0.717) is 23.9 Å². The molecule has 2 heterocycles. The second kappa shape index (κ2) is 5.68. The number of carboxylic acid groups (broad SMARTS) is 1. The lowest BCUT2D eigenvalue weighted by molar-refractivity contribution is 0.0696. The Morgan fingerprint density at radius 2 is 1.91 bits per heavy atom. The first-order valence-corrected chi connectivity index (χ1v) is 7.22. The summed E-state index contributed by atoms with van der Waals surface area (Å²) < 4.78 is 3.41. The molecule has 0 bridgehead atoms. The molecular weight excluding hydrogens is 294 g/mol. The molecule has 1 N–H and O–H groups in total. The number of aromatic nitrogens is 5. The highest BCUT2D eigenvalue weighted by Gasteiger charge is 2.17. The maximum absolute atomic E-state index is 11.4. The lowest BCUT2D eigenvalue weighted by atomic mass is 10.2. The van der Waals surface area contributed by atoms with Gasteiger partial charge in [-0.15, -0.1) is 0 Å². The van der Waals surface area contributed by atoms with Gasteiger partial charge in [-0.2, -0.15) is 10.2 Å². The highest BCUT2D eigenvalue weighted by molar-refractivity contribution is 5.91. The number of rotatable bonds is 4. The van der Waals surface area contributed by atoms with Gasteiger partial charge in [0.05, 0.1) is 16.9 Å². The van der Waals surface area contributed by atoms with Gasteiger partial charge in [0.15, 0.2) is 5.82 Å². The molecule has 0 amide bonds. The van der Waals surface area contributed by atoms with Crippen molar-refractivity contribution in [2.45, 2.75) is 27.3 Å². The predicted molar refractivity (Wildman–Crippen MR) is 83.9 cm³/mol. The molecule has 0 saturated heterocycles. The molecule has 0 saturated carbocycles. The van der Waals surface area contributed by atoms with Crippen molar-refractivity contribution in [3.8, 4) is 5.69 Å². The second-order valence-electron chi connectivity index (χ2n) is 5.39. The van der Waals surface area contributed by atoms with E-state index in [1.807, 2.05) is 24.6 Å². The van der Waals surface area contributed by atoms with Crippen LogP contribution in [0.4, 0.5) is 0 Å². The zero-order valence-corrected chi connectivity index (χ0v) is 13.2. The van der Waals surface area contributed by atoms with Gasteiger partial charge in [-0.1, -0.05) is 12.1 Å². The number of nitrogens with zero attached hydrogens (tertiary/aromatic N) is 5. The van der Waals surface area contributed by atoms with Crippen molar-refractivity contribution in [2.75, 3.05) is 0 Å². The summed E-state index contributed by atoms with van der Waals surface area (Å²) in [5.41, 5.74) is 2.63. The van der Waals surface area contributed by atoms with Gasteiger partial charge in [0, 0.05) is 5.69 Å². The van der Waals surface area contributed by atoms with Gasteiger partial charge in [-0.05, 0) is 39.0 Å². The summed E-state index contributed by atoms with van der Waals surface area (Å²) in [4.78, 5) is 15.9. The first kappa shape index (κ1) is 15.0. The third kappa shape index (κ3) is 2.85. The topological polar surface area (TPSA) is 85.8 Å². The van der Waals surface area contributed by atoms with Crippen molar-refractivity contribution < 1.29 is 9.90 Å². The molecule has 0 aliphatic heterocycles. The average molecular weight is 311 g/mol. The fraction of sp³-hybridized carbons (Fsp3) is 0.250. The molecule has 3 aromatic rings. The third-order valence-corrected chi connectivity index (χ3v) is 3.54. The van der Waals surface area contributed by atoms with E-state index in [4.69, 9.17) is 0 Å². The summed E-state index contributed by atoms with van der Waals surface area (Å²) in [5, 5.41) is 18.2. The van der Waals surface area contributed by atoms with Crippen molar-refractivity contribution in [2.24, 2.45) is 0 Å². The molecule has 0 atom stereocenters. The number of hydrogen-bond donors (Lipinski definition) is 1. The van der Waals surface area contributed by atoms with Gasteiger partial charge in [-0.25, -0.2) is 14.5 Å². The molecule has 3 rings (SSSR count). The SMILES string of the molecule is Cc1cc(C)n(Cc2nc(C)nn2-c2ccccc2C(=O)O)n1. The normalized spacial score (nSPS) is 10.9. The first-order valence-electron chi connectivity index (χ1n) is 7.22. The smallest absolute Gasteiger partial charge is 0.337 e. The lowest BCUT2D eigenvalue weighted by Gasteiger charge is -2.09. The van der Waals surface area contributed by atoms with Crippen LogP contribution >= 0.6 is 0 Å². The van der Waals surface area contributed by atoms with Gasteiger partial charge >= 0.3 is 5.97 Å². The maximum atomic E-state index is 11.4. The Morgan fingerprint density at radius 3 is 2.57 bits per heavy atom. The lowest BCUT2D eigenvalue weighted by Crippen LogP contribution is -2.13. The van der Waals surface area contributed by atoms with Crippen molar-refractivity contribution in [3.63, 3.8) is 0 Å². The minimum atomic E-state index is -0.995. The summed E-state index contributed by atoms with van der Waals surface area (Å²) in [6, 6.07) is 8.74. The predicted octanol–water partition coefficient (Wildman–Crippen LogP) is 2.14. The van der Waals surface area contributed by atoms with Crippen molar-refractivity contribution >= 4 is 5.97 Å². The molecule has 1 aromatic carbocycles. The minimum absolute atomic E-state index is 0.187. The molecule has 7 heteroatoms. The van der Waals surface area contributed by atoms with Crippen LogP contribution in [0.25, 0.3) is 5.69 Å². The Hall–Kier alpha value is -2.96. The Kier molecular flexibility index (Phi) is 3.69. The van der Waals surface area contributed by atoms with E-state index in [2.05, 4.69) is 15.2 Å². The van der Waals surface area contributed by atoms with Crippen LogP contribution in [0, 0.1) is 20.8 Å². The zero-order chi connectivity index (χ0) is 16.6. The largest absolute Gasteiger partial charge is 0.478 e. The van der Waals surface area contributed by atoms with Crippen LogP contribution in [0.5, 0.6) is 0 Å². The van der Waals surface area contributed by atoms with Gasteiger partial charge in [-0.3, -0.25) is 4.68 Å². The third-order valence-electron chi connectivity index (χ3n) is 3.54. The Bertz CT molecular complexity index is 878. The second-order valence-corrected chi connectivity index (χ2v) is 5.39. The Balaban J connectivity index is 2.08. The summed E-state index contributed by atoms with van der Waals surface area (Å²) in [5.74, 6) is 0.231. The fourth-order valence-corrected chi connectivity index (χ4v) is 2.56. The molecule has 7 nitrogen and oxygen atoms in total. The van der Waals surface area contributed by atoms with Crippen LogP contribution in [-0.4, -0.2) is 35.6 Å². The zero-order valence-electron chi connectivity index (χ0n) is 13.2. The summed E-state index contributed by atoms with van der Waals surface area (Å²) in [7, 11) is 0. The highest BCUT2D eigenvalue weighted by atomic mass is 16.4. The standard InChI is InChI=1S/C16H17N5O2/c1-10-8-11(2)20(18-10)9-15-17-12(3)19-21(15)14-7-5-4-6-13(14)16(22)23/h4-8H,9H2,1-3H3,(H,22,23). The average Bonchev–Trinajstić information content (AvgIpc) is 3.01. The number of aromatic carboxylic acids is 1. The van der Waals surface area contributed by atoms with Crippen LogP contribution in [0.1, 0.15) is 33.4 Å². The minimum Gasteiger partial charge on any atom is -0.478 e. The molecule has 23 heavy (non-hydrogen) atoms. The quantitative estimate of drug-likeness (QED) is 0.797. The monoisotopic (exact) mass is 311 g/mol. The highest BCUT2D eigenvalue weighted by Crippen LogP contribution is 2.17. The van der Waals surface area contributed by atoms with Crippen LogP contribution in [0.15, 0.2) is 30.3 Å².